The molecule has 0 aliphatic carbocycles. The van der Waals surface area contributed by atoms with E-state index >= 15 is 0 Å². The molecular formula is C11H15N2O7S2-. The second-order valence-corrected chi connectivity index (χ2v) is 7.62. The van der Waals surface area contributed by atoms with Crippen LogP contribution in [-0.4, -0.2) is 52.0 Å². The number of anilines is 1. The number of rotatable bonds is 8. The zero-order valence-electron chi connectivity index (χ0n) is 11.4. The van der Waals surface area contributed by atoms with Crippen LogP contribution in [0.2, 0.25) is 0 Å². The van der Waals surface area contributed by atoms with Crippen LogP contribution < -0.4 is 11.1 Å². The first kappa shape index (κ1) is 18.4. The first-order valence-electron chi connectivity index (χ1n) is 6.03. The molecule has 1 aromatic rings. The van der Waals surface area contributed by atoms with Crippen LogP contribution in [0, 0.1) is 0 Å². The third-order valence-corrected chi connectivity index (χ3v) is 4.56. The van der Waals surface area contributed by atoms with Crippen molar-refractivity contribution in [2.24, 2.45) is 0 Å². The summed E-state index contributed by atoms with van der Waals surface area (Å²) in [5.74, 6) is -1.50. The van der Waals surface area contributed by atoms with Gasteiger partial charge in [0.25, 0.3) is 5.91 Å². The number of hydrogen-bond donors (Lipinski definition) is 2. The van der Waals surface area contributed by atoms with Gasteiger partial charge in [-0.3, -0.25) is 8.98 Å². The summed E-state index contributed by atoms with van der Waals surface area (Å²) in [7, 11) is -8.57. The molecule has 0 fully saturated rings. The van der Waals surface area contributed by atoms with Gasteiger partial charge in [-0.15, -0.1) is 0 Å². The van der Waals surface area contributed by atoms with Crippen molar-refractivity contribution in [3.63, 3.8) is 0 Å². The molecule has 22 heavy (non-hydrogen) atoms. The summed E-state index contributed by atoms with van der Waals surface area (Å²) in [5, 5.41) is 2.40. The van der Waals surface area contributed by atoms with Gasteiger partial charge in [0.2, 0.25) is 10.4 Å². The number of benzene rings is 1. The molecule has 1 aromatic carbocycles. The van der Waals surface area contributed by atoms with Crippen molar-refractivity contribution in [1.82, 2.24) is 5.32 Å². The fourth-order valence-electron chi connectivity index (χ4n) is 1.42. The Balaban J connectivity index is 2.39. The highest BCUT2D eigenvalue weighted by Crippen LogP contribution is 2.05. The summed E-state index contributed by atoms with van der Waals surface area (Å²) >= 11 is 0. The number of nitrogen functional groups attached to an aromatic ring is 1. The van der Waals surface area contributed by atoms with E-state index in [2.05, 4.69) is 9.50 Å². The van der Waals surface area contributed by atoms with Crippen molar-refractivity contribution in [2.75, 3.05) is 30.4 Å². The van der Waals surface area contributed by atoms with Crippen molar-refractivity contribution in [3.05, 3.63) is 29.8 Å². The van der Waals surface area contributed by atoms with Crippen LogP contribution in [0.25, 0.3) is 0 Å². The fraction of sp³-hybridized carbons (Fsp3) is 0.364. The minimum absolute atomic E-state index is 0.157. The molecule has 11 heteroatoms. The molecule has 124 valence electrons. The lowest BCUT2D eigenvalue weighted by Crippen LogP contribution is -2.30. The molecule has 0 spiro atoms. The van der Waals surface area contributed by atoms with Crippen LogP contribution in [0.4, 0.5) is 5.69 Å². The van der Waals surface area contributed by atoms with Gasteiger partial charge in [0.1, 0.15) is 0 Å². The van der Waals surface area contributed by atoms with Crippen LogP contribution in [0.5, 0.6) is 0 Å². The van der Waals surface area contributed by atoms with Crippen LogP contribution in [-0.2, 0) is 24.4 Å². The van der Waals surface area contributed by atoms with Gasteiger partial charge < -0.3 is 15.6 Å². The van der Waals surface area contributed by atoms with Crippen molar-refractivity contribution in [3.8, 4) is 0 Å². The van der Waals surface area contributed by atoms with E-state index in [0.717, 1.165) is 0 Å². The topological polar surface area (TPSA) is 156 Å². The number of nitrogens with one attached hydrogen (secondary N) is 1. The number of carbonyl (C=O) groups is 1. The zero-order chi connectivity index (χ0) is 16.8. The molecule has 0 heterocycles. The Morgan fingerprint density at radius 2 is 1.73 bits per heavy atom. The van der Waals surface area contributed by atoms with Crippen LogP contribution >= 0.6 is 0 Å². The molecular weight excluding hydrogens is 336 g/mol. The highest BCUT2D eigenvalue weighted by atomic mass is 32.3. The maximum atomic E-state index is 11.7. The quantitative estimate of drug-likeness (QED) is 0.339. The monoisotopic (exact) mass is 351 g/mol. The van der Waals surface area contributed by atoms with E-state index in [0.29, 0.717) is 11.3 Å². The van der Waals surface area contributed by atoms with Crippen LogP contribution in [0.3, 0.4) is 0 Å². The van der Waals surface area contributed by atoms with E-state index in [1.165, 1.54) is 24.3 Å². The van der Waals surface area contributed by atoms with Crippen LogP contribution in [0.1, 0.15) is 10.4 Å². The van der Waals surface area contributed by atoms with E-state index in [-0.39, 0.29) is 6.54 Å². The molecule has 0 aliphatic rings. The summed E-state index contributed by atoms with van der Waals surface area (Å²) < 4.78 is 57.4. The SMILES string of the molecule is Nc1ccc(C(=O)NCCS(=O)(=O)CCOS(=O)(=O)[O-])cc1. The van der Waals surface area contributed by atoms with Gasteiger partial charge in [-0.2, -0.15) is 0 Å². The Bertz CT molecular complexity index is 711. The average Bonchev–Trinajstić information content (AvgIpc) is 2.37. The van der Waals surface area contributed by atoms with E-state index in [1.54, 1.807) is 0 Å². The summed E-state index contributed by atoms with van der Waals surface area (Å²) in [5.41, 5.74) is 6.29. The number of hydrogen-bond acceptors (Lipinski definition) is 8. The third-order valence-electron chi connectivity index (χ3n) is 2.49. The molecule has 0 aromatic heterocycles. The Kier molecular flexibility index (Phi) is 6.29. The Morgan fingerprint density at radius 1 is 1.14 bits per heavy atom. The molecule has 1 amide bonds. The summed E-state index contributed by atoms with van der Waals surface area (Å²) in [4.78, 5) is 11.7. The van der Waals surface area contributed by atoms with E-state index < -0.39 is 44.3 Å². The molecule has 0 aliphatic heterocycles. The van der Waals surface area contributed by atoms with Gasteiger partial charge >= 0.3 is 0 Å². The molecule has 9 nitrogen and oxygen atoms in total. The zero-order valence-corrected chi connectivity index (χ0v) is 13.0. The van der Waals surface area contributed by atoms with E-state index in [9.17, 15) is 26.2 Å². The number of amides is 1. The van der Waals surface area contributed by atoms with Gasteiger partial charge in [0, 0.05) is 17.8 Å². The van der Waals surface area contributed by atoms with E-state index in [4.69, 9.17) is 5.73 Å². The normalized spacial score (nSPS) is 12.0. The smallest absolute Gasteiger partial charge is 0.251 e. The summed E-state index contributed by atoms with van der Waals surface area (Å²) in [6, 6.07) is 6.05. The van der Waals surface area contributed by atoms with Crippen molar-refractivity contribution >= 4 is 31.8 Å². The van der Waals surface area contributed by atoms with Crippen molar-refractivity contribution < 1.29 is 30.4 Å². The predicted octanol–water partition coefficient (Wildman–Crippen LogP) is -1.11. The second kappa shape index (κ2) is 7.54. The standard InChI is InChI=1S/C11H16N2O7S2/c12-10-3-1-9(2-4-10)11(14)13-5-7-21(15,16)8-6-20-22(17,18)19/h1-4H,5-8,12H2,(H,13,14)(H,17,18,19)/p-1. The lowest BCUT2D eigenvalue weighted by molar-refractivity contribution is 0.0956. The molecule has 0 atom stereocenters. The Labute approximate surface area is 128 Å². The minimum Gasteiger partial charge on any atom is -0.726 e. The lowest BCUT2D eigenvalue weighted by Gasteiger charge is -2.09. The number of sulfone groups is 1. The number of nitrogens with two attached hydrogens (primary N) is 1. The summed E-state index contributed by atoms with van der Waals surface area (Å²) in [6.45, 7) is -0.907. The first-order valence-corrected chi connectivity index (χ1v) is 9.19. The fourth-order valence-corrected chi connectivity index (χ4v) is 2.77. The Morgan fingerprint density at radius 3 is 2.27 bits per heavy atom. The maximum Gasteiger partial charge on any atom is 0.251 e. The maximum absolute atomic E-state index is 11.7. The largest absolute Gasteiger partial charge is 0.726 e. The Hall–Kier alpha value is -1.69. The van der Waals surface area contributed by atoms with E-state index in [1.807, 2.05) is 0 Å². The van der Waals surface area contributed by atoms with Gasteiger partial charge in [-0.25, -0.2) is 16.8 Å². The van der Waals surface area contributed by atoms with Crippen molar-refractivity contribution in [2.45, 2.75) is 0 Å². The minimum atomic E-state index is -4.91. The molecule has 3 N–H and O–H groups in total. The molecule has 0 saturated carbocycles. The highest BCUT2D eigenvalue weighted by Gasteiger charge is 2.13. The van der Waals surface area contributed by atoms with Gasteiger partial charge in [0.15, 0.2) is 9.84 Å². The third kappa shape index (κ3) is 7.36. The lowest BCUT2D eigenvalue weighted by atomic mass is 10.2. The molecule has 0 radical (unpaired) electrons. The molecule has 0 saturated heterocycles. The van der Waals surface area contributed by atoms with Gasteiger partial charge in [-0.05, 0) is 24.3 Å². The number of carbonyl (C=O) groups excluding carboxylic acids is 1. The second-order valence-electron chi connectivity index (χ2n) is 4.26. The van der Waals surface area contributed by atoms with Gasteiger partial charge in [-0.1, -0.05) is 0 Å². The van der Waals surface area contributed by atoms with Gasteiger partial charge in [0.05, 0.1) is 18.1 Å². The predicted molar refractivity (Wildman–Crippen MR) is 77.5 cm³/mol. The first-order chi connectivity index (χ1) is 10.1. The molecule has 0 bridgehead atoms. The van der Waals surface area contributed by atoms with Crippen molar-refractivity contribution in [1.29, 1.82) is 0 Å². The molecule has 0 unspecified atom stereocenters. The average molecular weight is 351 g/mol. The molecule has 1 rings (SSSR count). The highest BCUT2D eigenvalue weighted by molar-refractivity contribution is 7.91. The van der Waals surface area contributed by atoms with Crippen LogP contribution in [0.15, 0.2) is 24.3 Å². The summed E-state index contributed by atoms with van der Waals surface area (Å²) in [6.07, 6.45) is 0.